The Morgan fingerprint density at radius 1 is 1.38 bits per heavy atom. The van der Waals surface area contributed by atoms with Crippen molar-refractivity contribution < 1.29 is 27.8 Å². The van der Waals surface area contributed by atoms with Crippen molar-refractivity contribution >= 4 is 11.6 Å². The molecule has 2 N–H and O–H groups in total. The number of rotatable bonds is 6. The van der Waals surface area contributed by atoms with Gasteiger partial charge in [0, 0.05) is 25.4 Å². The predicted octanol–water partition coefficient (Wildman–Crippen LogP) is 1.57. The van der Waals surface area contributed by atoms with Gasteiger partial charge in [0.2, 0.25) is 5.91 Å². The summed E-state index contributed by atoms with van der Waals surface area (Å²) in [6, 6.07) is 3.70. The highest BCUT2D eigenvalue weighted by Crippen LogP contribution is 2.42. The second-order valence-corrected chi connectivity index (χ2v) is 4.48. The van der Waals surface area contributed by atoms with Crippen LogP contribution in [0.3, 0.4) is 0 Å². The average Bonchev–Trinajstić information content (AvgIpc) is 2.72. The van der Waals surface area contributed by atoms with E-state index in [4.69, 9.17) is 4.74 Å². The lowest BCUT2D eigenvalue weighted by molar-refractivity contribution is -0.286. The zero-order valence-electron chi connectivity index (χ0n) is 11.6. The molecule has 21 heavy (non-hydrogen) atoms. The fourth-order valence-corrected chi connectivity index (χ4v) is 1.78. The zero-order valence-corrected chi connectivity index (χ0v) is 11.6. The van der Waals surface area contributed by atoms with E-state index < -0.39 is 12.3 Å². The molecule has 0 radical (unpaired) electrons. The van der Waals surface area contributed by atoms with Crippen molar-refractivity contribution in [1.82, 2.24) is 5.32 Å². The highest BCUT2D eigenvalue weighted by atomic mass is 19.3. The Morgan fingerprint density at radius 2 is 2.10 bits per heavy atom. The summed E-state index contributed by atoms with van der Waals surface area (Å²) >= 11 is 0. The van der Waals surface area contributed by atoms with Crippen molar-refractivity contribution in [3.8, 4) is 11.5 Å². The van der Waals surface area contributed by atoms with Gasteiger partial charge < -0.3 is 24.8 Å². The number of nitrogens with one attached hydrogen (secondary N) is 2. The maximum absolute atomic E-state index is 12.9. The lowest BCUT2D eigenvalue weighted by Gasteiger charge is -2.15. The van der Waals surface area contributed by atoms with Gasteiger partial charge in [-0.15, -0.1) is 8.78 Å². The minimum absolute atomic E-state index is 0.0391. The number of anilines is 1. The Bertz CT molecular complexity index is 525. The number of carbonyl (C=O) groups is 1. The first kappa shape index (κ1) is 15.3. The second kappa shape index (κ2) is 6.13. The van der Waals surface area contributed by atoms with E-state index in [1.54, 1.807) is 6.92 Å². The largest absolute Gasteiger partial charge is 0.586 e. The molecule has 0 aromatic heterocycles. The second-order valence-electron chi connectivity index (χ2n) is 4.48. The van der Waals surface area contributed by atoms with Crippen LogP contribution in [0.5, 0.6) is 11.5 Å². The summed E-state index contributed by atoms with van der Waals surface area (Å²) in [7, 11) is 1.54. The Kier molecular flexibility index (Phi) is 4.46. The molecule has 1 aromatic rings. The summed E-state index contributed by atoms with van der Waals surface area (Å²) in [5, 5.41) is 5.56. The molecule has 1 atom stereocenters. The molecule has 1 aliphatic rings. The van der Waals surface area contributed by atoms with Gasteiger partial charge in [-0.05, 0) is 19.1 Å². The van der Waals surface area contributed by atoms with Crippen molar-refractivity contribution in [3.63, 3.8) is 0 Å². The molecule has 1 unspecified atom stereocenters. The molecule has 1 aliphatic heterocycles. The van der Waals surface area contributed by atoms with Crippen LogP contribution in [0.4, 0.5) is 14.5 Å². The number of methoxy groups -OCH3 is 1. The van der Waals surface area contributed by atoms with Crippen LogP contribution in [0, 0.1) is 0 Å². The molecule has 116 valence electrons. The van der Waals surface area contributed by atoms with E-state index >= 15 is 0 Å². The minimum atomic E-state index is -3.65. The molecule has 1 amide bonds. The van der Waals surface area contributed by atoms with Crippen LogP contribution >= 0.6 is 0 Å². The molecule has 1 aromatic carbocycles. The van der Waals surface area contributed by atoms with Gasteiger partial charge in [0.1, 0.15) is 6.04 Å². The predicted molar refractivity (Wildman–Crippen MR) is 70.6 cm³/mol. The number of halogens is 2. The summed E-state index contributed by atoms with van der Waals surface area (Å²) in [5.41, 5.74) is 0.476. The summed E-state index contributed by atoms with van der Waals surface area (Å²) < 4.78 is 39.2. The maximum atomic E-state index is 12.9. The fraction of sp³-hybridized carbons (Fsp3) is 0.462. The Balaban J connectivity index is 1.93. The number of fused-ring (bicyclic) bond motifs is 1. The van der Waals surface area contributed by atoms with Gasteiger partial charge in [-0.25, -0.2) is 0 Å². The van der Waals surface area contributed by atoms with Crippen molar-refractivity contribution in [2.24, 2.45) is 0 Å². The lowest BCUT2D eigenvalue weighted by atomic mass is 10.2. The van der Waals surface area contributed by atoms with Crippen LogP contribution in [0.2, 0.25) is 0 Å². The monoisotopic (exact) mass is 302 g/mol. The molecule has 8 heteroatoms. The first-order valence-electron chi connectivity index (χ1n) is 6.34. The van der Waals surface area contributed by atoms with Crippen LogP contribution in [-0.4, -0.2) is 38.5 Å². The van der Waals surface area contributed by atoms with Gasteiger partial charge in [0.25, 0.3) is 0 Å². The number of hydrogen-bond acceptors (Lipinski definition) is 5. The highest BCUT2D eigenvalue weighted by Gasteiger charge is 2.43. The molecule has 0 spiro atoms. The van der Waals surface area contributed by atoms with E-state index in [1.165, 1.54) is 25.3 Å². The summed E-state index contributed by atoms with van der Waals surface area (Å²) in [6.07, 6.45) is -3.65. The summed E-state index contributed by atoms with van der Waals surface area (Å²) in [4.78, 5) is 11.8. The number of ether oxygens (including phenoxy) is 3. The molecular weight excluding hydrogens is 286 g/mol. The van der Waals surface area contributed by atoms with Gasteiger partial charge >= 0.3 is 6.29 Å². The number of benzene rings is 1. The third-order valence-corrected chi connectivity index (χ3v) is 2.78. The Hall–Kier alpha value is -2.09. The number of alkyl halides is 2. The highest BCUT2D eigenvalue weighted by molar-refractivity contribution is 5.84. The van der Waals surface area contributed by atoms with Crippen LogP contribution in [0.25, 0.3) is 0 Å². The number of amides is 1. The molecule has 0 fully saturated rings. The third kappa shape index (κ3) is 3.94. The van der Waals surface area contributed by atoms with E-state index in [0.717, 1.165) is 0 Å². The maximum Gasteiger partial charge on any atom is 0.586 e. The van der Waals surface area contributed by atoms with Crippen LogP contribution in [-0.2, 0) is 9.53 Å². The quantitative estimate of drug-likeness (QED) is 0.781. The first-order chi connectivity index (χ1) is 9.91. The lowest BCUT2D eigenvalue weighted by Crippen LogP contribution is -2.39. The number of carbonyl (C=O) groups excluding carboxylic acids is 1. The van der Waals surface area contributed by atoms with Gasteiger partial charge in [0.05, 0.1) is 6.61 Å². The zero-order chi connectivity index (χ0) is 15.5. The molecule has 0 saturated carbocycles. The smallest absolute Gasteiger partial charge is 0.395 e. The van der Waals surface area contributed by atoms with E-state index in [9.17, 15) is 13.6 Å². The van der Waals surface area contributed by atoms with Crippen LogP contribution in [0.1, 0.15) is 6.92 Å². The van der Waals surface area contributed by atoms with Crippen molar-refractivity contribution in [3.05, 3.63) is 18.2 Å². The van der Waals surface area contributed by atoms with Crippen LogP contribution < -0.4 is 20.1 Å². The fourth-order valence-electron chi connectivity index (χ4n) is 1.78. The number of hydrogen-bond donors (Lipinski definition) is 2. The molecule has 0 aliphatic carbocycles. The Labute approximate surface area is 120 Å². The molecule has 0 saturated heterocycles. The molecule has 1 heterocycles. The molecule has 6 nitrogen and oxygen atoms in total. The van der Waals surface area contributed by atoms with Crippen LogP contribution in [0.15, 0.2) is 18.2 Å². The molecule has 0 bridgehead atoms. The Morgan fingerprint density at radius 3 is 2.81 bits per heavy atom. The van der Waals surface area contributed by atoms with E-state index in [2.05, 4.69) is 20.1 Å². The average molecular weight is 302 g/mol. The minimum Gasteiger partial charge on any atom is -0.395 e. The topological polar surface area (TPSA) is 68.8 Å². The van der Waals surface area contributed by atoms with Gasteiger partial charge in [-0.1, -0.05) is 0 Å². The molecule has 2 rings (SSSR count). The van der Waals surface area contributed by atoms with E-state index in [1.807, 2.05) is 0 Å². The van der Waals surface area contributed by atoms with Gasteiger partial charge in [0.15, 0.2) is 11.5 Å². The summed E-state index contributed by atoms with van der Waals surface area (Å²) in [5.74, 6) is -0.338. The van der Waals surface area contributed by atoms with E-state index in [-0.39, 0.29) is 17.4 Å². The van der Waals surface area contributed by atoms with Gasteiger partial charge in [-0.2, -0.15) is 0 Å². The SMILES string of the molecule is COCCNC(=O)C(C)Nc1ccc2c(c1)OC(F)(F)O2. The summed E-state index contributed by atoms with van der Waals surface area (Å²) in [6.45, 7) is 2.47. The standard InChI is InChI=1S/C13H16F2N2O4/c1-8(12(18)16-5-6-19-2)17-9-3-4-10-11(7-9)21-13(14,15)20-10/h3-4,7-8,17H,5-6H2,1-2H3,(H,16,18). The van der Waals surface area contributed by atoms with Crippen molar-refractivity contribution in [2.75, 3.05) is 25.6 Å². The molecular formula is C13H16F2N2O4. The van der Waals surface area contributed by atoms with E-state index in [0.29, 0.717) is 18.8 Å². The van der Waals surface area contributed by atoms with Crippen molar-refractivity contribution in [2.45, 2.75) is 19.3 Å². The normalized spacial score (nSPS) is 16.4. The first-order valence-corrected chi connectivity index (χ1v) is 6.34. The van der Waals surface area contributed by atoms with Gasteiger partial charge in [-0.3, -0.25) is 4.79 Å². The third-order valence-electron chi connectivity index (χ3n) is 2.78. The van der Waals surface area contributed by atoms with Crippen molar-refractivity contribution in [1.29, 1.82) is 0 Å².